The van der Waals surface area contributed by atoms with Crippen LogP contribution in [0.4, 0.5) is 0 Å². The Balaban J connectivity index is 1.67. The number of hydrogen-bond donors (Lipinski definition) is 2. The van der Waals surface area contributed by atoms with E-state index in [0.29, 0.717) is 5.56 Å². The third-order valence-corrected chi connectivity index (χ3v) is 8.61. The van der Waals surface area contributed by atoms with E-state index in [9.17, 15) is 26.5 Å². The lowest BCUT2D eigenvalue weighted by molar-refractivity contribution is 0.448. The van der Waals surface area contributed by atoms with Crippen LogP contribution in [0.5, 0.6) is 17.2 Å². The van der Waals surface area contributed by atoms with Crippen LogP contribution in [0.15, 0.2) is 112 Å². The molecular formula is C27H24O7S2. The molecule has 0 aliphatic heterocycles. The molecule has 4 rings (SSSR count). The topological polar surface area (TPSA) is 118 Å². The summed E-state index contributed by atoms with van der Waals surface area (Å²) in [6.07, 6.45) is 0. The van der Waals surface area contributed by atoms with Gasteiger partial charge < -0.3 is 9.84 Å². The lowest BCUT2D eigenvalue weighted by Crippen LogP contribution is -2.19. The van der Waals surface area contributed by atoms with Gasteiger partial charge in [0, 0.05) is 5.41 Å². The van der Waals surface area contributed by atoms with Crippen LogP contribution < -0.4 is 4.74 Å². The largest absolute Gasteiger partial charge is 0.508 e. The molecule has 0 unspecified atom stereocenters. The van der Waals surface area contributed by atoms with Crippen molar-refractivity contribution >= 4 is 20.0 Å². The van der Waals surface area contributed by atoms with Crippen LogP contribution in [-0.2, 0) is 25.4 Å². The lowest BCUT2D eigenvalue weighted by Gasteiger charge is -2.27. The molecule has 0 radical (unpaired) electrons. The van der Waals surface area contributed by atoms with E-state index in [-0.39, 0.29) is 27.0 Å². The second-order valence-corrected chi connectivity index (χ2v) is 12.0. The molecule has 4 aromatic carbocycles. The number of hydrogen-bond acceptors (Lipinski definition) is 6. The van der Waals surface area contributed by atoms with Crippen LogP contribution in [0.3, 0.4) is 0 Å². The van der Waals surface area contributed by atoms with E-state index < -0.39 is 30.3 Å². The normalized spacial score (nSPS) is 12.3. The van der Waals surface area contributed by atoms with Crippen molar-refractivity contribution in [3.63, 3.8) is 0 Å². The molecule has 0 saturated carbocycles. The summed E-state index contributed by atoms with van der Waals surface area (Å²) in [7, 11) is -8.37. The van der Waals surface area contributed by atoms with Crippen molar-refractivity contribution in [1.82, 2.24) is 0 Å². The molecule has 0 spiro atoms. The van der Waals surface area contributed by atoms with Crippen LogP contribution in [0.2, 0.25) is 0 Å². The molecule has 4 aromatic rings. The first-order valence-corrected chi connectivity index (χ1v) is 13.8. The summed E-state index contributed by atoms with van der Waals surface area (Å²) in [6, 6.07) is 24.6. The maximum absolute atomic E-state index is 12.8. The van der Waals surface area contributed by atoms with E-state index in [4.69, 9.17) is 4.74 Å². The average molecular weight is 525 g/mol. The molecule has 0 aliphatic carbocycles. The molecule has 0 fully saturated rings. The smallest absolute Gasteiger partial charge is 0.298 e. The summed E-state index contributed by atoms with van der Waals surface area (Å²) in [5.74, 6) is 0.193. The van der Waals surface area contributed by atoms with Crippen molar-refractivity contribution in [1.29, 1.82) is 0 Å². The van der Waals surface area contributed by atoms with Gasteiger partial charge in [-0.3, -0.25) is 4.55 Å². The minimum atomic E-state index is -4.65. The molecule has 0 atom stereocenters. The third kappa shape index (κ3) is 5.13. The number of ether oxygens (including phenoxy) is 1. The molecule has 2 N–H and O–H groups in total. The first kappa shape index (κ1) is 25.4. The minimum Gasteiger partial charge on any atom is -0.508 e. The van der Waals surface area contributed by atoms with E-state index in [0.717, 1.165) is 5.56 Å². The second kappa shape index (κ2) is 9.42. The molecule has 7 nitrogen and oxygen atoms in total. The summed E-state index contributed by atoms with van der Waals surface area (Å²) in [6.45, 7) is 3.77. The van der Waals surface area contributed by atoms with Gasteiger partial charge in [-0.2, -0.15) is 8.42 Å². The van der Waals surface area contributed by atoms with E-state index in [1.807, 2.05) is 13.8 Å². The lowest BCUT2D eigenvalue weighted by atomic mass is 9.78. The fourth-order valence-corrected chi connectivity index (χ4v) is 5.70. The number of benzene rings is 4. The van der Waals surface area contributed by atoms with E-state index in [2.05, 4.69) is 0 Å². The maximum atomic E-state index is 12.8. The van der Waals surface area contributed by atoms with Gasteiger partial charge >= 0.3 is 0 Å². The summed E-state index contributed by atoms with van der Waals surface area (Å²) >= 11 is 0. The molecule has 0 saturated heterocycles. The Bertz CT molecular complexity index is 1590. The van der Waals surface area contributed by atoms with Gasteiger partial charge in [0.1, 0.15) is 22.1 Å². The Kier molecular flexibility index (Phi) is 6.66. The average Bonchev–Trinajstić information content (AvgIpc) is 2.85. The highest BCUT2D eigenvalue weighted by Gasteiger charge is 2.27. The van der Waals surface area contributed by atoms with Gasteiger partial charge in [0.25, 0.3) is 10.1 Å². The van der Waals surface area contributed by atoms with E-state index in [1.165, 1.54) is 48.5 Å². The molecule has 0 aliphatic rings. The Morgan fingerprint density at radius 3 is 1.83 bits per heavy atom. The summed E-state index contributed by atoms with van der Waals surface area (Å²) in [4.78, 5) is -0.214. The van der Waals surface area contributed by atoms with Crippen molar-refractivity contribution in [2.24, 2.45) is 0 Å². The minimum absolute atomic E-state index is 0.0575. The highest BCUT2D eigenvalue weighted by molar-refractivity contribution is 7.91. The Hall–Kier alpha value is -3.66. The van der Waals surface area contributed by atoms with Gasteiger partial charge in [-0.1, -0.05) is 50.2 Å². The second-order valence-electron chi connectivity index (χ2n) is 8.70. The van der Waals surface area contributed by atoms with Crippen molar-refractivity contribution in [3.8, 4) is 17.2 Å². The number of phenolic OH excluding ortho intramolecular Hbond substituents is 1. The predicted molar refractivity (Wildman–Crippen MR) is 135 cm³/mol. The summed E-state index contributed by atoms with van der Waals surface area (Å²) < 4.78 is 65.6. The number of rotatable bonds is 7. The first-order valence-electron chi connectivity index (χ1n) is 10.9. The summed E-state index contributed by atoms with van der Waals surface area (Å²) in [5.41, 5.74) is 0.766. The zero-order chi connectivity index (χ0) is 26.1. The maximum Gasteiger partial charge on any atom is 0.298 e. The van der Waals surface area contributed by atoms with Crippen molar-refractivity contribution in [2.75, 3.05) is 0 Å². The van der Waals surface area contributed by atoms with Gasteiger partial charge in [-0.05, 0) is 71.8 Å². The standard InChI is InChI=1S/C27H24O7S2/c1-27(2,19-8-11-21(28)12-9-19)20-10-17-25(26(18-20)36(31,32)33)34-22-13-15-24(16-14-22)35(29,30)23-6-4-3-5-7-23/h3-18,28H,1-2H3,(H,31,32,33). The third-order valence-electron chi connectivity index (χ3n) is 5.95. The van der Waals surface area contributed by atoms with Crippen LogP contribution in [0.1, 0.15) is 25.0 Å². The Morgan fingerprint density at radius 2 is 1.25 bits per heavy atom. The number of phenols is 1. The summed E-state index contributed by atoms with van der Waals surface area (Å²) in [5, 5.41) is 9.58. The quantitative estimate of drug-likeness (QED) is 0.303. The molecule has 0 heterocycles. The zero-order valence-electron chi connectivity index (χ0n) is 19.5. The van der Waals surface area contributed by atoms with Crippen LogP contribution in [-0.4, -0.2) is 26.5 Å². The Morgan fingerprint density at radius 1 is 0.694 bits per heavy atom. The van der Waals surface area contributed by atoms with Crippen LogP contribution in [0.25, 0.3) is 0 Å². The van der Waals surface area contributed by atoms with Gasteiger partial charge in [-0.15, -0.1) is 0 Å². The van der Waals surface area contributed by atoms with Crippen molar-refractivity contribution in [2.45, 2.75) is 33.9 Å². The van der Waals surface area contributed by atoms with E-state index in [1.54, 1.807) is 48.5 Å². The fourth-order valence-electron chi connectivity index (χ4n) is 3.78. The molecule has 186 valence electrons. The molecule has 9 heteroatoms. The molecule has 36 heavy (non-hydrogen) atoms. The Labute approximate surface area is 210 Å². The van der Waals surface area contributed by atoms with Gasteiger partial charge in [0.05, 0.1) is 9.79 Å². The van der Waals surface area contributed by atoms with Gasteiger partial charge in [-0.25, -0.2) is 8.42 Å². The predicted octanol–water partition coefficient (Wildman–Crippen LogP) is 5.59. The molecule has 0 amide bonds. The number of aromatic hydroxyl groups is 1. The van der Waals surface area contributed by atoms with E-state index >= 15 is 0 Å². The first-order chi connectivity index (χ1) is 16.9. The monoisotopic (exact) mass is 524 g/mol. The fraction of sp³-hybridized carbons (Fsp3) is 0.111. The van der Waals surface area contributed by atoms with Crippen LogP contribution >= 0.6 is 0 Å². The molecular weight excluding hydrogens is 500 g/mol. The number of sulfone groups is 1. The highest BCUT2D eigenvalue weighted by atomic mass is 32.2. The molecule has 0 bridgehead atoms. The van der Waals surface area contributed by atoms with Crippen LogP contribution in [0, 0.1) is 0 Å². The zero-order valence-corrected chi connectivity index (χ0v) is 21.1. The highest BCUT2D eigenvalue weighted by Crippen LogP contribution is 2.37. The van der Waals surface area contributed by atoms with Gasteiger partial charge in [0.2, 0.25) is 9.84 Å². The van der Waals surface area contributed by atoms with Gasteiger partial charge in [0.15, 0.2) is 0 Å². The van der Waals surface area contributed by atoms with Crippen molar-refractivity contribution < 1.29 is 31.2 Å². The SMILES string of the molecule is CC(C)(c1ccc(O)cc1)c1ccc(Oc2ccc(S(=O)(=O)c3ccccc3)cc2)c(S(=O)(=O)O)c1. The van der Waals surface area contributed by atoms with Crippen molar-refractivity contribution in [3.05, 3.63) is 108 Å². The molecule has 0 aromatic heterocycles.